The minimum absolute atomic E-state index is 0.0792. The third kappa shape index (κ3) is 4.77. The van der Waals surface area contributed by atoms with Crippen molar-refractivity contribution < 1.29 is 14.3 Å². The van der Waals surface area contributed by atoms with Gasteiger partial charge in [0.2, 0.25) is 5.91 Å². The Kier molecular flexibility index (Phi) is 7.33. The van der Waals surface area contributed by atoms with E-state index in [4.69, 9.17) is 32.7 Å². The molecule has 4 nitrogen and oxygen atoms in total. The number of amides is 1. The zero-order valence-corrected chi connectivity index (χ0v) is 19.5. The number of anilines is 1. The van der Waals surface area contributed by atoms with Crippen molar-refractivity contribution in [3.63, 3.8) is 0 Å². The Morgan fingerprint density at radius 1 is 1.17 bits per heavy atom. The Morgan fingerprint density at radius 2 is 1.80 bits per heavy atom. The summed E-state index contributed by atoms with van der Waals surface area (Å²) in [6.07, 6.45) is 2.20. The van der Waals surface area contributed by atoms with Gasteiger partial charge in [-0.1, -0.05) is 36.2 Å². The second kappa shape index (κ2) is 9.59. The molecule has 1 amide bonds. The molecule has 1 fully saturated rings. The van der Waals surface area contributed by atoms with Crippen LogP contribution in [0.15, 0.2) is 30.3 Å². The normalized spacial score (nSPS) is 16.7. The summed E-state index contributed by atoms with van der Waals surface area (Å²) in [6.45, 7) is 9.16. The van der Waals surface area contributed by atoms with E-state index in [0.717, 1.165) is 34.5 Å². The first kappa shape index (κ1) is 22.9. The van der Waals surface area contributed by atoms with Crippen LogP contribution in [0.3, 0.4) is 0 Å². The molecule has 162 valence electrons. The van der Waals surface area contributed by atoms with Gasteiger partial charge in [-0.15, -0.1) is 0 Å². The molecule has 0 aromatic heterocycles. The van der Waals surface area contributed by atoms with Crippen LogP contribution in [-0.4, -0.2) is 25.2 Å². The first-order chi connectivity index (χ1) is 14.3. The van der Waals surface area contributed by atoms with E-state index >= 15 is 0 Å². The SMILES string of the molecule is CCC(C)Oc1c(C)cc(NC(=O)C2(c3ccc(Cl)cc3Cl)CCOCC2)cc1C. The van der Waals surface area contributed by atoms with Crippen LogP contribution in [0.1, 0.15) is 49.8 Å². The lowest BCUT2D eigenvalue weighted by Crippen LogP contribution is -2.45. The van der Waals surface area contributed by atoms with Gasteiger partial charge in [-0.05, 0) is 81.0 Å². The predicted octanol–water partition coefficient (Wildman–Crippen LogP) is 6.47. The number of hydrogen-bond acceptors (Lipinski definition) is 3. The summed E-state index contributed by atoms with van der Waals surface area (Å²) in [5.74, 6) is 0.799. The zero-order chi connectivity index (χ0) is 21.9. The summed E-state index contributed by atoms with van der Waals surface area (Å²) in [7, 11) is 0. The first-order valence-electron chi connectivity index (χ1n) is 10.4. The molecule has 0 saturated carbocycles. The van der Waals surface area contributed by atoms with Gasteiger partial charge in [-0.2, -0.15) is 0 Å². The van der Waals surface area contributed by atoms with Crippen LogP contribution >= 0.6 is 23.2 Å². The van der Waals surface area contributed by atoms with Gasteiger partial charge in [-0.25, -0.2) is 0 Å². The molecule has 1 heterocycles. The number of rotatable bonds is 6. The van der Waals surface area contributed by atoms with E-state index in [2.05, 4.69) is 19.2 Å². The highest BCUT2D eigenvalue weighted by Crippen LogP contribution is 2.41. The number of ether oxygens (including phenoxy) is 2. The summed E-state index contributed by atoms with van der Waals surface area (Å²) in [5.41, 5.74) is 2.78. The van der Waals surface area contributed by atoms with Crippen molar-refractivity contribution in [2.45, 2.75) is 58.5 Å². The van der Waals surface area contributed by atoms with E-state index in [1.807, 2.05) is 32.0 Å². The number of hydrogen-bond donors (Lipinski definition) is 1. The Hall–Kier alpha value is -1.75. The molecule has 2 aromatic carbocycles. The average molecular weight is 450 g/mol. The fraction of sp³-hybridized carbons (Fsp3) is 0.458. The fourth-order valence-corrected chi connectivity index (χ4v) is 4.55. The lowest BCUT2D eigenvalue weighted by molar-refractivity contribution is -0.125. The van der Waals surface area contributed by atoms with E-state index in [1.54, 1.807) is 12.1 Å². The lowest BCUT2D eigenvalue weighted by Gasteiger charge is -2.37. The topological polar surface area (TPSA) is 47.6 Å². The number of carbonyl (C=O) groups excluding carboxylic acids is 1. The maximum Gasteiger partial charge on any atom is 0.235 e. The van der Waals surface area contributed by atoms with Crippen LogP contribution < -0.4 is 10.1 Å². The molecule has 1 aliphatic rings. The third-order valence-corrected chi connectivity index (χ3v) is 6.39. The predicted molar refractivity (Wildman–Crippen MR) is 123 cm³/mol. The summed E-state index contributed by atoms with van der Waals surface area (Å²) >= 11 is 12.6. The molecule has 6 heteroatoms. The molecule has 0 radical (unpaired) electrons. The molecule has 0 spiro atoms. The van der Waals surface area contributed by atoms with E-state index in [0.29, 0.717) is 36.1 Å². The van der Waals surface area contributed by atoms with Gasteiger partial charge < -0.3 is 14.8 Å². The maximum absolute atomic E-state index is 13.6. The van der Waals surface area contributed by atoms with Gasteiger partial charge in [-0.3, -0.25) is 4.79 Å². The van der Waals surface area contributed by atoms with Crippen LogP contribution in [0.4, 0.5) is 5.69 Å². The van der Waals surface area contributed by atoms with Crippen molar-refractivity contribution in [2.24, 2.45) is 0 Å². The number of halogens is 2. The zero-order valence-electron chi connectivity index (χ0n) is 18.0. The number of aryl methyl sites for hydroxylation is 2. The average Bonchev–Trinajstić information content (AvgIpc) is 2.71. The van der Waals surface area contributed by atoms with Crippen molar-refractivity contribution in [3.05, 3.63) is 57.1 Å². The van der Waals surface area contributed by atoms with Crippen molar-refractivity contribution in [3.8, 4) is 5.75 Å². The van der Waals surface area contributed by atoms with E-state index in [9.17, 15) is 4.79 Å². The van der Waals surface area contributed by atoms with Crippen molar-refractivity contribution >= 4 is 34.8 Å². The van der Waals surface area contributed by atoms with E-state index < -0.39 is 5.41 Å². The highest BCUT2D eigenvalue weighted by molar-refractivity contribution is 6.35. The number of nitrogens with one attached hydrogen (secondary N) is 1. The van der Waals surface area contributed by atoms with Gasteiger partial charge >= 0.3 is 0 Å². The summed E-state index contributed by atoms with van der Waals surface area (Å²) < 4.78 is 11.6. The number of benzene rings is 2. The molecule has 0 bridgehead atoms. The molecule has 0 aliphatic carbocycles. The summed E-state index contributed by atoms with van der Waals surface area (Å²) in [4.78, 5) is 13.6. The van der Waals surface area contributed by atoms with Crippen LogP contribution in [0.2, 0.25) is 10.0 Å². The molecule has 1 N–H and O–H groups in total. The van der Waals surface area contributed by atoms with Crippen LogP contribution in [0, 0.1) is 13.8 Å². The van der Waals surface area contributed by atoms with Gasteiger partial charge in [0, 0.05) is 28.9 Å². The molecular formula is C24H29Cl2NO3. The third-order valence-electron chi connectivity index (χ3n) is 5.84. The van der Waals surface area contributed by atoms with Crippen LogP contribution in [0.5, 0.6) is 5.75 Å². The smallest absolute Gasteiger partial charge is 0.235 e. The highest BCUT2D eigenvalue weighted by atomic mass is 35.5. The monoisotopic (exact) mass is 449 g/mol. The van der Waals surface area contributed by atoms with Crippen molar-refractivity contribution in [1.29, 1.82) is 0 Å². The molecule has 1 atom stereocenters. The molecular weight excluding hydrogens is 421 g/mol. The van der Waals surface area contributed by atoms with Gasteiger partial charge in [0.15, 0.2) is 0 Å². The standard InChI is InChI=1S/C24H29Cl2NO3/c1-5-17(4)30-22-15(2)12-19(13-16(22)3)27-23(28)24(8-10-29-11-9-24)20-7-6-18(25)14-21(20)26/h6-7,12-14,17H,5,8-11H2,1-4H3,(H,27,28). The Morgan fingerprint density at radius 3 is 2.37 bits per heavy atom. The highest BCUT2D eigenvalue weighted by Gasteiger charge is 2.43. The Labute approximate surface area is 188 Å². The second-order valence-corrected chi connectivity index (χ2v) is 8.89. The minimum atomic E-state index is -0.756. The molecule has 1 saturated heterocycles. The van der Waals surface area contributed by atoms with Crippen LogP contribution in [0.25, 0.3) is 0 Å². The summed E-state index contributed by atoms with van der Waals surface area (Å²) in [6, 6.07) is 9.24. The van der Waals surface area contributed by atoms with Gasteiger partial charge in [0.05, 0.1) is 11.5 Å². The van der Waals surface area contributed by atoms with E-state index in [-0.39, 0.29) is 12.0 Å². The van der Waals surface area contributed by atoms with Crippen molar-refractivity contribution in [1.82, 2.24) is 0 Å². The Bertz CT molecular complexity index is 900. The van der Waals surface area contributed by atoms with Gasteiger partial charge in [0.25, 0.3) is 0 Å². The molecule has 30 heavy (non-hydrogen) atoms. The second-order valence-electron chi connectivity index (χ2n) is 8.05. The summed E-state index contributed by atoms with van der Waals surface area (Å²) in [5, 5.41) is 4.18. The fourth-order valence-electron chi connectivity index (χ4n) is 3.96. The van der Waals surface area contributed by atoms with E-state index in [1.165, 1.54) is 0 Å². The quantitative estimate of drug-likeness (QED) is 0.548. The van der Waals surface area contributed by atoms with Crippen LogP contribution in [-0.2, 0) is 14.9 Å². The molecule has 2 aromatic rings. The number of carbonyl (C=O) groups is 1. The van der Waals surface area contributed by atoms with Crippen molar-refractivity contribution in [2.75, 3.05) is 18.5 Å². The first-order valence-corrected chi connectivity index (χ1v) is 11.1. The Balaban J connectivity index is 1.92. The molecule has 1 aliphatic heterocycles. The van der Waals surface area contributed by atoms with Gasteiger partial charge in [0.1, 0.15) is 5.75 Å². The largest absolute Gasteiger partial charge is 0.490 e. The lowest BCUT2D eigenvalue weighted by atomic mass is 9.73. The molecule has 3 rings (SSSR count). The minimum Gasteiger partial charge on any atom is -0.490 e. The maximum atomic E-state index is 13.6. The molecule has 1 unspecified atom stereocenters.